The molecule has 0 fully saturated rings. The summed E-state index contributed by atoms with van der Waals surface area (Å²) in [6.45, 7) is 0.448. The number of carbonyl (C=O) groups is 1. The molecule has 0 saturated heterocycles. The quantitative estimate of drug-likeness (QED) is 0.560. The van der Waals surface area contributed by atoms with E-state index in [1.807, 2.05) is 39.2 Å². The number of hydrogen-bond acceptors (Lipinski definition) is 3. The maximum Gasteiger partial charge on any atom is 0.237 e. The Labute approximate surface area is 84.1 Å². The Bertz CT molecular complexity index is 378. The highest BCUT2D eigenvalue weighted by molar-refractivity contribution is 7.12. The highest BCUT2D eigenvalue weighted by atomic mass is 32.1. The van der Waals surface area contributed by atoms with Gasteiger partial charge in [0.25, 0.3) is 0 Å². The first-order valence-electron chi connectivity index (χ1n) is 3.84. The van der Waals surface area contributed by atoms with Crippen LogP contribution in [-0.2, 0) is 6.54 Å². The molecule has 0 N–H and O–H groups in total. The van der Waals surface area contributed by atoms with Crippen LogP contribution in [0.4, 0.5) is 0 Å². The van der Waals surface area contributed by atoms with E-state index in [0.29, 0.717) is 6.54 Å². The van der Waals surface area contributed by atoms with Crippen molar-refractivity contribution in [3.63, 3.8) is 0 Å². The summed E-state index contributed by atoms with van der Waals surface area (Å²) in [6.07, 6.45) is 1.91. The highest BCUT2D eigenvalue weighted by Gasteiger charge is 2.12. The lowest BCUT2D eigenvalue weighted by Crippen LogP contribution is -2.34. The number of thiazole rings is 1. The fourth-order valence-corrected chi connectivity index (χ4v) is 2.29. The van der Waals surface area contributed by atoms with Crippen LogP contribution in [0.5, 0.6) is 0 Å². The Balaban J connectivity index is 2.08. The molecule has 0 aromatic carbocycles. The zero-order chi connectivity index (χ0) is 9.10. The minimum Gasteiger partial charge on any atom is -0.286 e. The summed E-state index contributed by atoms with van der Waals surface area (Å²) in [5.74, 6) is 0.179. The van der Waals surface area contributed by atoms with Crippen molar-refractivity contribution in [2.24, 2.45) is 0 Å². The van der Waals surface area contributed by atoms with E-state index < -0.39 is 0 Å². The van der Waals surface area contributed by atoms with Gasteiger partial charge < -0.3 is 0 Å². The number of ketones is 1. The summed E-state index contributed by atoms with van der Waals surface area (Å²) in [7, 11) is 0. The second kappa shape index (κ2) is 3.81. The molecule has 66 valence electrons. The van der Waals surface area contributed by atoms with Crippen LogP contribution in [0.2, 0.25) is 0 Å². The van der Waals surface area contributed by atoms with Gasteiger partial charge in [0.1, 0.15) is 0 Å². The van der Waals surface area contributed by atoms with E-state index in [2.05, 4.69) is 0 Å². The molecule has 0 atom stereocenters. The van der Waals surface area contributed by atoms with Crippen LogP contribution in [0.1, 0.15) is 9.67 Å². The average Bonchev–Trinajstić information content (AvgIpc) is 2.74. The molecule has 2 rings (SSSR count). The van der Waals surface area contributed by atoms with E-state index in [9.17, 15) is 4.79 Å². The molecule has 0 spiro atoms. The Morgan fingerprint density at radius 3 is 3.00 bits per heavy atom. The van der Waals surface area contributed by atoms with Crippen LogP contribution in [0.15, 0.2) is 34.6 Å². The predicted octanol–water partition coefficient (Wildman–Crippen LogP) is 1.98. The van der Waals surface area contributed by atoms with Gasteiger partial charge in [-0.1, -0.05) is 17.4 Å². The van der Waals surface area contributed by atoms with Crippen molar-refractivity contribution in [3.8, 4) is 0 Å². The minimum atomic E-state index is 0.179. The van der Waals surface area contributed by atoms with Gasteiger partial charge in [-0.15, -0.1) is 11.3 Å². The van der Waals surface area contributed by atoms with Crippen LogP contribution < -0.4 is 4.57 Å². The molecular formula is C9H8NOS2+. The highest BCUT2D eigenvalue weighted by Crippen LogP contribution is 2.09. The van der Waals surface area contributed by atoms with E-state index in [1.165, 1.54) is 11.3 Å². The summed E-state index contributed by atoms with van der Waals surface area (Å²) in [5, 5.41) is 3.88. The molecule has 0 saturated carbocycles. The molecule has 4 heteroatoms. The first-order valence-corrected chi connectivity index (χ1v) is 5.66. The van der Waals surface area contributed by atoms with E-state index in [0.717, 1.165) is 4.88 Å². The molecule has 0 radical (unpaired) electrons. The molecule has 2 heterocycles. The van der Waals surface area contributed by atoms with Crippen molar-refractivity contribution in [2.75, 3.05) is 0 Å². The normalized spacial score (nSPS) is 10.2. The van der Waals surface area contributed by atoms with E-state index in [-0.39, 0.29) is 5.78 Å². The fraction of sp³-hybridized carbons (Fsp3) is 0.111. The van der Waals surface area contributed by atoms with Crippen LogP contribution in [0, 0.1) is 0 Å². The summed E-state index contributed by atoms with van der Waals surface area (Å²) < 4.78 is 1.90. The predicted molar refractivity (Wildman–Crippen MR) is 53.2 cm³/mol. The first-order chi connectivity index (χ1) is 6.36. The van der Waals surface area contributed by atoms with E-state index >= 15 is 0 Å². The maximum atomic E-state index is 11.6. The van der Waals surface area contributed by atoms with Crippen LogP contribution in [0.3, 0.4) is 0 Å². The minimum absolute atomic E-state index is 0.179. The molecule has 0 aliphatic rings. The zero-order valence-corrected chi connectivity index (χ0v) is 8.48. The zero-order valence-electron chi connectivity index (χ0n) is 6.84. The number of thiophene rings is 1. The molecule has 2 aromatic heterocycles. The fourth-order valence-electron chi connectivity index (χ4n) is 1.03. The van der Waals surface area contributed by atoms with E-state index in [1.54, 1.807) is 11.3 Å². The molecule has 13 heavy (non-hydrogen) atoms. The first kappa shape index (κ1) is 8.59. The SMILES string of the molecule is O=C(C[n+]1ccsc1)c1cccs1. The average molecular weight is 210 g/mol. The number of nitrogens with zero attached hydrogens (tertiary/aromatic N) is 1. The molecule has 2 nitrogen and oxygen atoms in total. The van der Waals surface area contributed by atoms with Crippen molar-refractivity contribution in [1.82, 2.24) is 0 Å². The van der Waals surface area contributed by atoms with Gasteiger partial charge in [0.05, 0.1) is 10.3 Å². The molecule has 2 aromatic rings. The number of carbonyl (C=O) groups excluding carboxylic acids is 1. The Hall–Kier alpha value is -1.00. The molecule has 0 aliphatic carbocycles. The number of aromatic nitrogens is 1. The van der Waals surface area contributed by atoms with Gasteiger partial charge in [0, 0.05) is 0 Å². The topological polar surface area (TPSA) is 20.9 Å². The molecule has 0 unspecified atom stereocenters. The van der Waals surface area contributed by atoms with Crippen molar-refractivity contribution >= 4 is 28.5 Å². The Morgan fingerprint density at radius 2 is 2.38 bits per heavy atom. The lowest BCUT2D eigenvalue weighted by atomic mass is 10.3. The Kier molecular flexibility index (Phi) is 2.52. The van der Waals surface area contributed by atoms with Gasteiger partial charge >= 0.3 is 0 Å². The summed E-state index contributed by atoms with van der Waals surface area (Å²) in [4.78, 5) is 12.4. The molecular weight excluding hydrogens is 202 g/mol. The summed E-state index contributed by atoms with van der Waals surface area (Å²) >= 11 is 3.09. The van der Waals surface area contributed by atoms with Crippen molar-refractivity contribution in [3.05, 3.63) is 39.5 Å². The van der Waals surface area contributed by atoms with Crippen molar-refractivity contribution in [1.29, 1.82) is 0 Å². The Morgan fingerprint density at radius 1 is 1.46 bits per heavy atom. The van der Waals surface area contributed by atoms with Crippen LogP contribution >= 0.6 is 22.7 Å². The molecule has 0 bridgehead atoms. The largest absolute Gasteiger partial charge is 0.286 e. The number of rotatable bonds is 3. The monoisotopic (exact) mass is 210 g/mol. The molecule has 0 amide bonds. The maximum absolute atomic E-state index is 11.6. The third-order valence-corrected chi connectivity index (χ3v) is 3.23. The number of hydrogen-bond donors (Lipinski definition) is 0. The van der Waals surface area contributed by atoms with Gasteiger partial charge in [-0.25, -0.2) is 0 Å². The number of Topliss-reactive ketones (excluding diaryl/α,β-unsaturated/α-hetero) is 1. The summed E-state index contributed by atoms with van der Waals surface area (Å²) in [6, 6.07) is 3.76. The second-order valence-corrected chi connectivity index (χ2v) is 4.30. The summed E-state index contributed by atoms with van der Waals surface area (Å²) in [5.41, 5.74) is 1.94. The third-order valence-electron chi connectivity index (χ3n) is 1.65. The van der Waals surface area contributed by atoms with Crippen LogP contribution in [-0.4, -0.2) is 5.78 Å². The van der Waals surface area contributed by atoms with Gasteiger partial charge in [-0.2, -0.15) is 4.57 Å². The van der Waals surface area contributed by atoms with E-state index in [4.69, 9.17) is 0 Å². The lowest BCUT2D eigenvalue weighted by Gasteiger charge is -1.89. The van der Waals surface area contributed by atoms with Gasteiger partial charge in [0.2, 0.25) is 17.8 Å². The second-order valence-electron chi connectivity index (χ2n) is 2.60. The van der Waals surface area contributed by atoms with Crippen molar-refractivity contribution < 1.29 is 9.36 Å². The molecule has 0 aliphatic heterocycles. The smallest absolute Gasteiger partial charge is 0.237 e. The lowest BCUT2D eigenvalue weighted by molar-refractivity contribution is -0.678. The third kappa shape index (κ3) is 2.02. The van der Waals surface area contributed by atoms with Gasteiger partial charge in [-0.3, -0.25) is 4.79 Å². The van der Waals surface area contributed by atoms with Crippen molar-refractivity contribution in [2.45, 2.75) is 6.54 Å². The van der Waals surface area contributed by atoms with Gasteiger partial charge in [-0.05, 0) is 11.4 Å². The van der Waals surface area contributed by atoms with Crippen LogP contribution in [0.25, 0.3) is 0 Å². The van der Waals surface area contributed by atoms with Gasteiger partial charge in [0.15, 0.2) is 6.20 Å². The standard InChI is InChI=1S/C9H8NOS2/c11-8(9-2-1-4-13-9)6-10-3-5-12-7-10/h1-5,7H,6H2/q+1.